The first-order valence-corrected chi connectivity index (χ1v) is 3.71. The SMILES string of the molecule is CC(C)=N/C=C(\C)C(C)C. The van der Waals surface area contributed by atoms with E-state index < -0.39 is 0 Å². The second kappa shape index (κ2) is 4.26. The van der Waals surface area contributed by atoms with Crippen molar-refractivity contribution in [1.82, 2.24) is 0 Å². The highest BCUT2D eigenvalue weighted by atomic mass is 14.7. The van der Waals surface area contributed by atoms with Crippen LogP contribution in [0.2, 0.25) is 0 Å². The summed E-state index contributed by atoms with van der Waals surface area (Å²) in [6.07, 6.45) is 1.94. The van der Waals surface area contributed by atoms with Crippen molar-refractivity contribution in [1.29, 1.82) is 0 Å². The maximum absolute atomic E-state index is 4.20. The molecule has 58 valence electrons. The van der Waals surface area contributed by atoms with Crippen molar-refractivity contribution in [3.05, 3.63) is 11.8 Å². The fourth-order valence-corrected chi connectivity index (χ4v) is 0.380. The molecule has 0 atom stereocenters. The maximum atomic E-state index is 4.20. The zero-order valence-corrected chi connectivity index (χ0v) is 7.60. The summed E-state index contributed by atoms with van der Waals surface area (Å²) in [6.45, 7) is 10.5. The molecule has 0 bridgehead atoms. The standard InChI is InChI=1S/C9H17N/c1-7(2)9(5)6-10-8(3)4/h6-7H,1-5H3/b9-6+. The Morgan fingerprint density at radius 3 is 2.00 bits per heavy atom. The van der Waals surface area contributed by atoms with Gasteiger partial charge in [0.2, 0.25) is 0 Å². The van der Waals surface area contributed by atoms with Gasteiger partial charge in [-0.3, -0.25) is 4.99 Å². The van der Waals surface area contributed by atoms with Crippen LogP contribution in [0, 0.1) is 5.92 Å². The van der Waals surface area contributed by atoms with Crippen molar-refractivity contribution < 1.29 is 0 Å². The Balaban J connectivity index is 4.05. The van der Waals surface area contributed by atoms with Crippen LogP contribution in [0.25, 0.3) is 0 Å². The van der Waals surface area contributed by atoms with E-state index in [4.69, 9.17) is 0 Å². The highest BCUT2D eigenvalue weighted by Gasteiger charge is 1.92. The average molecular weight is 139 g/mol. The lowest BCUT2D eigenvalue weighted by molar-refractivity contribution is 0.766. The van der Waals surface area contributed by atoms with E-state index in [1.54, 1.807) is 0 Å². The van der Waals surface area contributed by atoms with Gasteiger partial charge in [0.25, 0.3) is 0 Å². The molecule has 1 nitrogen and oxygen atoms in total. The number of hydrogen-bond donors (Lipinski definition) is 0. The maximum Gasteiger partial charge on any atom is 0.0258 e. The normalized spacial score (nSPS) is 12.0. The summed E-state index contributed by atoms with van der Waals surface area (Å²) in [5, 5.41) is 0. The molecule has 0 fully saturated rings. The number of rotatable bonds is 2. The Hall–Kier alpha value is -0.590. The zero-order valence-electron chi connectivity index (χ0n) is 7.60. The molecule has 0 aromatic rings. The third-order valence-corrected chi connectivity index (χ3v) is 1.44. The first kappa shape index (κ1) is 9.41. The molecule has 0 heterocycles. The number of nitrogens with zero attached hydrogens (tertiary/aromatic N) is 1. The molecule has 0 rings (SSSR count). The predicted molar refractivity (Wildman–Crippen MR) is 47.4 cm³/mol. The molecule has 0 unspecified atom stereocenters. The molecule has 0 aromatic carbocycles. The number of hydrogen-bond acceptors (Lipinski definition) is 1. The summed E-state index contributed by atoms with van der Waals surface area (Å²) in [6, 6.07) is 0. The molecule has 0 saturated carbocycles. The smallest absolute Gasteiger partial charge is 0.0258 e. The van der Waals surface area contributed by atoms with Crippen molar-refractivity contribution in [3.63, 3.8) is 0 Å². The Kier molecular flexibility index (Phi) is 4.01. The van der Waals surface area contributed by atoms with Crippen molar-refractivity contribution in [3.8, 4) is 0 Å². The fraction of sp³-hybridized carbons (Fsp3) is 0.667. The van der Waals surface area contributed by atoms with Crippen LogP contribution in [0.5, 0.6) is 0 Å². The minimum atomic E-state index is 0.614. The fourth-order valence-electron chi connectivity index (χ4n) is 0.380. The van der Waals surface area contributed by atoms with E-state index in [0.29, 0.717) is 5.92 Å². The first-order valence-electron chi connectivity index (χ1n) is 3.71. The van der Waals surface area contributed by atoms with Gasteiger partial charge < -0.3 is 0 Å². The van der Waals surface area contributed by atoms with E-state index >= 15 is 0 Å². The van der Waals surface area contributed by atoms with Crippen molar-refractivity contribution in [2.24, 2.45) is 10.9 Å². The van der Waals surface area contributed by atoms with Gasteiger partial charge in [-0.1, -0.05) is 19.4 Å². The summed E-state index contributed by atoms with van der Waals surface area (Å²) in [4.78, 5) is 4.20. The molecule has 0 spiro atoms. The summed E-state index contributed by atoms with van der Waals surface area (Å²) in [7, 11) is 0. The van der Waals surface area contributed by atoms with Crippen LogP contribution in [-0.4, -0.2) is 5.71 Å². The summed E-state index contributed by atoms with van der Waals surface area (Å²) >= 11 is 0. The molecule has 0 aliphatic heterocycles. The minimum absolute atomic E-state index is 0.614. The molecule has 0 radical (unpaired) electrons. The quantitative estimate of drug-likeness (QED) is 0.521. The van der Waals surface area contributed by atoms with Crippen LogP contribution in [0.4, 0.5) is 0 Å². The van der Waals surface area contributed by atoms with E-state index in [9.17, 15) is 0 Å². The Morgan fingerprint density at radius 2 is 1.70 bits per heavy atom. The van der Waals surface area contributed by atoms with Crippen LogP contribution in [0.1, 0.15) is 34.6 Å². The van der Waals surface area contributed by atoms with E-state index in [-0.39, 0.29) is 0 Å². The van der Waals surface area contributed by atoms with Gasteiger partial charge in [-0.2, -0.15) is 0 Å². The first-order chi connectivity index (χ1) is 4.54. The second-order valence-corrected chi connectivity index (χ2v) is 3.10. The highest BCUT2D eigenvalue weighted by Crippen LogP contribution is 2.07. The largest absolute Gasteiger partial charge is 0.266 e. The van der Waals surface area contributed by atoms with Gasteiger partial charge in [0, 0.05) is 11.9 Å². The Bertz CT molecular complexity index is 148. The van der Waals surface area contributed by atoms with Gasteiger partial charge >= 0.3 is 0 Å². The monoisotopic (exact) mass is 139 g/mol. The van der Waals surface area contributed by atoms with Crippen LogP contribution in [-0.2, 0) is 0 Å². The molecule has 0 aliphatic carbocycles. The van der Waals surface area contributed by atoms with Crippen LogP contribution < -0.4 is 0 Å². The molecule has 0 N–H and O–H groups in total. The lowest BCUT2D eigenvalue weighted by Crippen LogP contribution is -1.88. The predicted octanol–water partition coefficient (Wildman–Crippen LogP) is 3.03. The lowest BCUT2D eigenvalue weighted by atomic mass is 10.1. The van der Waals surface area contributed by atoms with E-state index in [2.05, 4.69) is 25.8 Å². The lowest BCUT2D eigenvalue weighted by Gasteiger charge is -2.01. The van der Waals surface area contributed by atoms with E-state index in [1.165, 1.54) is 5.57 Å². The van der Waals surface area contributed by atoms with Crippen molar-refractivity contribution >= 4 is 5.71 Å². The Morgan fingerprint density at radius 1 is 1.20 bits per heavy atom. The molecule has 0 amide bonds. The van der Waals surface area contributed by atoms with Crippen LogP contribution >= 0.6 is 0 Å². The minimum Gasteiger partial charge on any atom is -0.266 e. The summed E-state index contributed by atoms with van der Waals surface area (Å²) in [5.41, 5.74) is 2.45. The van der Waals surface area contributed by atoms with E-state index in [1.807, 2.05) is 20.0 Å². The molecule has 0 aromatic heterocycles. The highest BCUT2D eigenvalue weighted by molar-refractivity contribution is 5.79. The van der Waals surface area contributed by atoms with Crippen LogP contribution in [0.15, 0.2) is 16.8 Å². The molecule has 10 heavy (non-hydrogen) atoms. The van der Waals surface area contributed by atoms with Gasteiger partial charge in [0.1, 0.15) is 0 Å². The van der Waals surface area contributed by atoms with Gasteiger partial charge in [-0.25, -0.2) is 0 Å². The topological polar surface area (TPSA) is 12.4 Å². The van der Waals surface area contributed by atoms with E-state index in [0.717, 1.165) is 5.71 Å². The third-order valence-electron chi connectivity index (χ3n) is 1.44. The summed E-state index contributed by atoms with van der Waals surface area (Å²) < 4.78 is 0. The third kappa shape index (κ3) is 4.30. The number of aliphatic imine (C=N–C) groups is 1. The van der Waals surface area contributed by atoms with Crippen LogP contribution in [0.3, 0.4) is 0 Å². The van der Waals surface area contributed by atoms with Gasteiger partial charge in [-0.05, 0) is 26.7 Å². The zero-order chi connectivity index (χ0) is 8.15. The number of allylic oxidation sites excluding steroid dienone is 1. The second-order valence-electron chi connectivity index (χ2n) is 3.10. The van der Waals surface area contributed by atoms with Crippen molar-refractivity contribution in [2.45, 2.75) is 34.6 Å². The summed E-state index contributed by atoms with van der Waals surface area (Å²) in [5.74, 6) is 0.614. The molecule has 0 saturated heterocycles. The average Bonchev–Trinajstić information content (AvgIpc) is 1.82. The Labute approximate surface area is 63.9 Å². The molecular weight excluding hydrogens is 122 g/mol. The van der Waals surface area contributed by atoms with Gasteiger partial charge in [-0.15, -0.1) is 0 Å². The molecule has 0 aliphatic rings. The molecular formula is C9H17N. The van der Waals surface area contributed by atoms with Crippen molar-refractivity contribution in [2.75, 3.05) is 0 Å². The van der Waals surface area contributed by atoms with Gasteiger partial charge in [0.05, 0.1) is 0 Å². The van der Waals surface area contributed by atoms with Gasteiger partial charge in [0.15, 0.2) is 0 Å². The molecule has 1 heteroatoms.